The fourth-order valence-electron chi connectivity index (χ4n) is 2.35. The second kappa shape index (κ2) is 4.13. The first kappa shape index (κ1) is 10.6. The van der Waals surface area contributed by atoms with E-state index in [4.69, 9.17) is 0 Å². The summed E-state index contributed by atoms with van der Waals surface area (Å²) >= 11 is 0. The molecular weight excluding hydrogens is 156 g/mol. The molecule has 0 bridgehead atoms. The van der Waals surface area contributed by atoms with E-state index in [1.807, 2.05) is 0 Å². The van der Waals surface area contributed by atoms with Crippen LogP contribution < -0.4 is 0 Å². The molecule has 2 atom stereocenters. The first-order valence-corrected chi connectivity index (χ1v) is 5.54. The van der Waals surface area contributed by atoms with Crippen LogP contribution in [0.2, 0.25) is 0 Å². The van der Waals surface area contributed by atoms with E-state index in [9.17, 15) is 0 Å². The van der Waals surface area contributed by atoms with Gasteiger partial charge in [0.2, 0.25) is 0 Å². The molecule has 74 valence electrons. The number of rotatable bonds is 4. The Morgan fingerprint density at radius 2 is 1.31 bits per heavy atom. The highest BCUT2D eigenvalue weighted by Crippen LogP contribution is 2.44. The molecule has 0 heteroatoms. The van der Waals surface area contributed by atoms with E-state index >= 15 is 0 Å². The lowest BCUT2D eigenvalue weighted by molar-refractivity contribution is 0.209. The lowest BCUT2D eigenvalue weighted by atomic mass is 9.67. The normalized spacial score (nSPS) is 23.4. The fourth-order valence-corrected chi connectivity index (χ4v) is 2.35. The second-order valence-electron chi connectivity index (χ2n) is 4.34. The van der Waals surface area contributed by atoms with E-state index in [1.165, 1.54) is 12.8 Å². The average molecular weight is 178 g/mol. The van der Waals surface area contributed by atoms with Crippen LogP contribution in [0.4, 0.5) is 0 Å². The maximum Gasteiger partial charge on any atom is 0.0118 e. The van der Waals surface area contributed by atoms with Gasteiger partial charge in [-0.15, -0.1) is 0 Å². The van der Waals surface area contributed by atoms with Crippen molar-refractivity contribution in [2.45, 2.75) is 40.5 Å². The van der Waals surface area contributed by atoms with Crippen LogP contribution in [0.3, 0.4) is 0 Å². The fraction of sp³-hybridized carbons (Fsp3) is 0.692. The van der Waals surface area contributed by atoms with Gasteiger partial charge in [-0.05, 0) is 11.8 Å². The zero-order chi connectivity index (χ0) is 9.90. The van der Waals surface area contributed by atoms with Gasteiger partial charge in [-0.2, -0.15) is 0 Å². The van der Waals surface area contributed by atoms with Crippen LogP contribution in [0.25, 0.3) is 0 Å². The van der Waals surface area contributed by atoms with Gasteiger partial charge in [-0.25, -0.2) is 0 Å². The van der Waals surface area contributed by atoms with Crippen LogP contribution >= 0.6 is 0 Å². The van der Waals surface area contributed by atoms with Gasteiger partial charge in [-0.3, -0.25) is 0 Å². The van der Waals surface area contributed by atoms with E-state index in [0.29, 0.717) is 5.41 Å². The summed E-state index contributed by atoms with van der Waals surface area (Å²) in [6.45, 7) is 9.31. The zero-order valence-corrected chi connectivity index (χ0v) is 9.38. The molecular formula is C13H22. The Labute approximate surface area is 82.7 Å². The molecule has 1 aliphatic carbocycles. The Morgan fingerprint density at radius 3 is 1.62 bits per heavy atom. The van der Waals surface area contributed by atoms with E-state index in [-0.39, 0.29) is 0 Å². The SMILES string of the molecule is CCC(C)C1(C(C)CC)C=CC=C1. The smallest absolute Gasteiger partial charge is 0.0118 e. The first-order valence-electron chi connectivity index (χ1n) is 5.54. The van der Waals surface area contributed by atoms with E-state index in [2.05, 4.69) is 52.0 Å². The molecule has 0 aromatic rings. The van der Waals surface area contributed by atoms with Gasteiger partial charge in [0, 0.05) is 5.41 Å². The topological polar surface area (TPSA) is 0 Å². The Hall–Kier alpha value is -0.520. The highest BCUT2D eigenvalue weighted by molar-refractivity contribution is 5.27. The van der Waals surface area contributed by atoms with Crippen molar-refractivity contribution in [3.8, 4) is 0 Å². The third-order valence-corrected chi connectivity index (χ3v) is 3.81. The van der Waals surface area contributed by atoms with Crippen molar-refractivity contribution >= 4 is 0 Å². The highest BCUT2D eigenvalue weighted by atomic mass is 14.4. The van der Waals surface area contributed by atoms with Gasteiger partial charge in [0.1, 0.15) is 0 Å². The van der Waals surface area contributed by atoms with E-state index in [0.717, 1.165) is 11.8 Å². The van der Waals surface area contributed by atoms with Crippen LogP contribution in [-0.2, 0) is 0 Å². The summed E-state index contributed by atoms with van der Waals surface area (Å²) in [4.78, 5) is 0. The summed E-state index contributed by atoms with van der Waals surface area (Å²) < 4.78 is 0. The minimum atomic E-state index is 0.351. The van der Waals surface area contributed by atoms with Gasteiger partial charge in [0.25, 0.3) is 0 Å². The molecule has 0 heterocycles. The predicted octanol–water partition coefficient (Wildman–Crippen LogP) is 4.19. The molecule has 0 spiro atoms. The first-order chi connectivity index (χ1) is 6.17. The molecule has 1 aliphatic rings. The van der Waals surface area contributed by atoms with Crippen LogP contribution in [0.1, 0.15) is 40.5 Å². The number of allylic oxidation sites excluding steroid dienone is 4. The minimum Gasteiger partial charge on any atom is -0.0740 e. The molecule has 0 saturated carbocycles. The summed E-state index contributed by atoms with van der Waals surface area (Å²) in [7, 11) is 0. The van der Waals surface area contributed by atoms with Gasteiger partial charge < -0.3 is 0 Å². The monoisotopic (exact) mass is 178 g/mol. The Bertz CT molecular complexity index is 186. The van der Waals surface area contributed by atoms with Crippen molar-refractivity contribution in [2.75, 3.05) is 0 Å². The second-order valence-corrected chi connectivity index (χ2v) is 4.34. The zero-order valence-electron chi connectivity index (χ0n) is 9.38. The largest absolute Gasteiger partial charge is 0.0740 e. The molecule has 13 heavy (non-hydrogen) atoms. The molecule has 0 fully saturated rings. The van der Waals surface area contributed by atoms with Crippen molar-refractivity contribution in [3.05, 3.63) is 24.3 Å². The van der Waals surface area contributed by atoms with Crippen molar-refractivity contribution in [3.63, 3.8) is 0 Å². The Morgan fingerprint density at radius 1 is 0.923 bits per heavy atom. The molecule has 0 radical (unpaired) electrons. The lowest BCUT2D eigenvalue weighted by Crippen LogP contribution is -2.30. The van der Waals surface area contributed by atoms with Gasteiger partial charge in [0.05, 0.1) is 0 Å². The molecule has 0 saturated heterocycles. The van der Waals surface area contributed by atoms with Crippen LogP contribution in [0.5, 0.6) is 0 Å². The molecule has 1 rings (SSSR count). The van der Waals surface area contributed by atoms with E-state index in [1.54, 1.807) is 0 Å². The van der Waals surface area contributed by atoms with Crippen molar-refractivity contribution in [1.29, 1.82) is 0 Å². The summed E-state index contributed by atoms with van der Waals surface area (Å²) in [6.07, 6.45) is 11.7. The van der Waals surface area contributed by atoms with Gasteiger partial charge in [0.15, 0.2) is 0 Å². The summed E-state index contributed by atoms with van der Waals surface area (Å²) in [5.74, 6) is 1.52. The minimum absolute atomic E-state index is 0.351. The molecule has 0 N–H and O–H groups in total. The molecule has 0 amide bonds. The molecule has 0 aromatic heterocycles. The van der Waals surface area contributed by atoms with E-state index < -0.39 is 0 Å². The van der Waals surface area contributed by atoms with Gasteiger partial charge >= 0.3 is 0 Å². The van der Waals surface area contributed by atoms with Crippen molar-refractivity contribution < 1.29 is 0 Å². The molecule has 0 nitrogen and oxygen atoms in total. The third-order valence-electron chi connectivity index (χ3n) is 3.81. The summed E-state index contributed by atoms with van der Waals surface area (Å²) in [6, 6.07) is 0. The number of hydrogen-bond acceptors (Lipinski definition) is 0. The maximum absolute atomic E-state index is 2.40. The van der Waals surface area contributed by atoms with Crippen LogP contribution in [-0.4, -0.2) is 0 Å². The van der Waals surface area contributed by atoms with Gasteiger partial charge in [-0.1, -0.05) is 64.8 Å². The summed E-state index contributed by atoms with van der Waals surface area (Å²) in [5, 5.41) is 0. The molecule has 0 aliphatic heterocycles. The highest BCUT2D eigenvalue weighted by Gasteiger charge is 2.35. The Balaban J connectivity index is 2.88. The summed E-state index contributed by atoms with van der Waals surface area (Å²) in [5.41, 5.74) is 0.351. The lowest BCUT2D eigenvalue weighted by Gasteiger charge is -2.37. The van der Waals surface area contributed by atoms with Crippen molar-refractivity contribution in [1.82, 2.24) is 0 Å². The number of hydrogen-bond donors (Lipinski definition) is 0. The van der Waals surface area contributed by atoms with Crippen LogP contribution in [0, 0.1) is 17.3 Å². The third kappa shape index (κ3) is 1.72. The maximum atomic E-state index is 2.40. The molecule has 2 unspecified atom stereocenters. The Kier molecular flexibility index (Phi) is 3.35. The molecule has 0 aromatic carbocycles. The average Bonchev–Trinajstić information content (AvgIpc) is 2.65. The van der Waals surface area contributed by atoms with Crippen molar-refractivity contribution in [2.24, 2.45) is 17.3 Å². The van der Waals surface area contributed by atoms with Crippen LogP contribution in [0.15, 0.2) is 24.3 Å². The standard InChI is InChI=1S/C13H22/c1-5-11(3)13(12(4)6-2)9-7-8-10-13/h7-12H,5-6H2,1-4H3. The predicted molar refractivity (Wildman–Crippen MR) is 59.6 cm³/mol. The quantitative estimate of drug-likeness (QED) is 0.605.